The van der Waals surface area contributed by atoms with E-state index in [0.717, 1.165) is 31.7 Å². The Morgan fingerprint density at radius 1 is 1.32 bits per heavy atom. The predicted molar refractivity (Wildman–Crippen MR) is 75.7 cm³/mol. The molecule has 1 N–H and O–H groups in total. The van der Waals surface area contributed by atoms with Crippen LogP contribution in [0.5, 0.6) is 5.75 Å². The summed E-state index contributed by atoms with van der Waals surface area (Å²) in [6.07, 6.45) is 0.0669. The number of nitrogens with zero attached hydrogens (tertiary/aromatic N) is 1. The Bertz CT molecular complexity index is 451. The third-order valence-corrected chi connectivity index (χ3v) is 3.13. The minimum Gasteiger partial charge on any atom is -0.490 e. The maximum absolute atomic E-state index is 12.6. The topological polar surface area (TPSA) is 41.6 Å². The smallest absolute Gasteiger partial charge is 0.257 e. The fourth-order valence-corrected chi connectivity index (χ4v) is 2.21. The molecule has 1 aromatic rings. The van der Waals surface area contributed by atoms with E-state index in [4.69, 9.17) is 4.74 Å². The largest absolute Gasteiger partial charge is 0.490 e. The zero-order valence-corrected chi connectivity index (χ0v) is 11.9. The molecule has 1 aliphatic heterocycles. The molecule has 0 saturated carbocycles. The third-order valence-electron chi connectivity index (χ3n) is 3.13. The molecular weight excluding hydrogens is 240 g/mol. The molecule has 1 amide bonds. The lowest BCUT2D eigenvalue weighted by Crippen LogP contribution is -2.46. The number of hydrogen-bond acceptors (Lipinski definition) is 3. The summed E-state index contributed by atoms with van der Waals surface area (Å²) in [5.41, 5.74) is 1.75. The molecule has 0 aliphatic carbocycles. The molecule has 0 atom stereocenters. The molecule has 19 heavy (non-hydrogen) atoms. The number of hydrogen-bond donors (Lipinski definition) is 1. The van der Waals surface area contributed by atoms with Crippen LogP contribution in [0.25, 0.3) is 0 Å². The molecule has 1 aliphatic rings. The lowest BCUT2D eigenvalue weighted by atomic mass is 10.1. The summed E-state index contributed by atoms with van der Waals surface area (Å²) in [5, 5.41) is 3.25. The second-order valence-electron chi connectivity index (χ2n) is 5.21. The zero-order chi connectivity index (χ0) is 13.8. The van der Waals surface area contributed by atoms with Crippen LogP contribution >= 0.6 is 0 Å². The Hall–Kier alpha value is -1.55. The molecule has 0 radical (unpaired) electrons. The van der Waals surface area contributed by atoms with Gasteiger partial charge in [0.05, 0.1) is 11.7 Å². The molecule has 1 aromatic carbocycles. The van der Waals surface area contributed by atoms with Crippen molar-refractivity contribution in [3.05, 3.63) is 29.3 Å². The van der Waals surface area contributed by atoms with Gasteiger partial charge >= 0.3 is 0 Å². The number of carbonyl (C=O) groups is 1. The van der Waals surface area contributed by atoms with Crippen molar-refractivity contribution in [2.75, 3.05) is 26.2 Å². The van der Waals surface area contributed by atoms with Crippen molar-refractivity contribution in [1.29, 1.82) is 0 Å². The van der Waals surface area contributed by atoms with Gasteiger partial charge < -0.3 is 15.0 Å². The maximum atomic E-state index is 12.6. The van der Waals surface area contributed by atoms with Crippen molar-refractivity contribution in [2.45, 2.75) is 26.9 Å². The quantitative estimate of drug-likeness (QED) is 0.903. The number of ether oxygens (including phenoxy) is 1. The van der Waals surface area contributed by atoms with Gasteiger partial charge in [-0.3, -0.25) is 4.79 Å². The molecule has 4 heteroatoms. The van der Waals surface area contributed by atoms with Crippen LogP contribution in [0.4, 0.5) is 0 Å². The van der Waals surface area contributed by atoms with Gasteiger partial charge in [-0.2, -0.15) is 0 Å². The Kier molecular flexibility index (Phi) is 4.43. The summed E-state index contributed by atoms with van der Waals surface area (Å²) in [6, 6.07) is 5.79. The highest BCUT2D eigenvalue weighted by Crippen LogP contribution is 2.23. The monoisotopic (exact) mass is 262 g/mol. The van der Waals surface area contributed by atoms with Crippen molar-refractivity contribution in [3.63, 3.8) is 0 Å². The molecule has 4 nitrogen and oxygen atoms in total. The van der Waals surface area contributed by atoms with E-state index in [1.54, 1.807) is 0 Å². The van der Waals surface area contributed by atoms with E-state index in [2.05, 4.69) is 5.32 Å². The number of rotatable bonds is 3. The zero-order valence-electron chi connectivity index (χ0n) is 11.9. The molecule has 0 aromatic heterocycles. The SMILES string of the molecule is Cc1ccc(OC(C)C)c(C(=O)N2CCNCC2)c1. The Labute approximate surface area is 114 Å². The van der Waals surface area contributed by atoms with Gasteiger partial charge in [0.15, 0.2) is 0 Å². The van der Waals surface area contributed by atoms with Crippen LogP contribution < -0.4 is 10.1 Å². The van der Waals surface area contributed by atoms with Crippen molar-refractivity contribution in [3.8, 4) is 5.75 Å². The van der Waals surface area contributed by atoms with Gasteiger partial charge in [-0.05, 0) is 32.9 Å². The molecule has 0 bridgehead atoms. The normalized spacial score (nSPS) is 15.7. The summed E-state index contributed by atoms with van der Waals surface area (Å²) in [4.78, 5) is 14.5. The van der Waals surface area contributed by atoms with Gasteiger partial charge in [0.2, 0.25) is 0 Å². The molecule has 1 fully saturated rings. The first-order chi connectivity index (χ1) is 9.08. The minimum atomic E-state index is 0.0669. The first-order valence-corrected chi connectivity index (χ1v) is 6.85. The Morgan fingerprint density at radius 3 is 2.63 bits per heavy atom. The number of aryl methyl sites for hydroxylation is 1. The fraction of sp³-hybridized carbons (Fsp3) is 0.533. The van der Waals surface area contributed by atoms with E-state index in [1.807, 2.05) is 43.9 Å². The van der Waals surface area contributed by atoms with Crippen molar-refractivity contribution < 1.29 is 9.53 Å². The van der Waals surface area contributed by atoms with E-state index < -0.39 is 0 Å². The summed E-state index contributed by atoms with van der Waals surface area (Å²) < 4.78 is 5.75. The molecule has 1 heterocycles. The van der Waals surface area contributed by atoms with Crippen molar-refractivity contribution in [2.24, 2.45) is 0 Å². The average Bonchev–Trinajstić information content (AvgIpc) is 2.40. The van der Waals surface area contributed by atoms with Gasteiger partial charge in [-0.1, -0.05) is 11.6 Å². The predicted octanol–water partition coefficient (Wildman–Crippen LogP) is 1.83. The number of amides is 1. The van der Waals surface area contributed by atoms with Gasteiger partial charge in [-0.15, -0.1) is 0 Å². The summed E-state index contributed by atoms with van der Waals surface area (Å²) in [7, 11) is 0. The van der Waals surface area contributed by atoms with Crippen LogP contribution in [0.2, 0.25) is 0 Å². The summed E-state index contributed by atoms with van der Waals surface area (Å²) >= 11 is 0. The highest BCUT2D eigenvalue weighted by Gasteiger charge is 2.21. The summed E-state index contributed by atoms with van der Waals surface area (Å²) in [6.45, 7) is 9.17. The Morgan fingerprint density at radius 2 is 2.00 bits per heavy atom. The first-order valence-electron chi connectivity index (χ1n) is 6.85. The lowest BCUT2D eigenvalue weighted by molar-refractivity contribution is 0.0729. The number of piperazine rings is 1. The number of benzene rings is 1. The van der Waals surface area contributed by atoms with E-state index >= 15 is 0 Å². The van der Waals surface area contributed by atoms with E-state index in [1.165, 1.54) is 0 Å². The number of carbonyl (C=O) groups excluding carboxylic acids is 1. The lowest BCUT2D eigenvalue weighted by Gasteiger charge is -2.28. The molecule has 0 spiro atoms. The fourth-order valence-electron chi connectivity index (χ4n) is 2.21. The molecule has 0 unspecified atom stereocenters. The van der Waals surface area contributed by atoms with Crippen LogP contribution in [0.3, 0.4) is 0 Å². The van der Waals surface area contributed by atoms with Crippen LogP contribution in [-0.2, 0) is 0 Å². The van der Waals surface area contributed by atoms with Crippen LogP contribution in [0, 0.1) is 6.92 Å². The Balaban J connectivity index is 2.25. The van der Waals surface area contributed by atoms with Crippen LogP contribution in [0.15, 0.2) is 18.2 Å². The third kappa shape index (κ3) is 3.47. The average molecular weight is 262 g/mol. The van der Waals surface area contributed by atoms with Gasteiger partial charge in [0.1, 0.15) is 5.75 Å². The van der Waals surface area contributed by atoms with Crippen molar-refractivity contribution >= 4 is 5.91 Å². The van der Waals surface area contributed by atoms with Gasteiger partial charge in [-0.25, -0.2) is 0 Å². The van der Waals surface area contributed by atoms with Gasteiger partial charge in [0.25, 0.3) is 5.91 Å². The van der Waals surface area contributed by atoms with Crippen LogP contribution in [-0.4, -0.2) is 43.1 Å². The minimum absolute atomic E-state index is 0.0669. The van der Waals surface area contributed by atoms with E-state index in [0.29, 0.717) is 11.3 Å². The highest BCUT2D eigenvalue weighted by molar-refractivity contribution is 5.97. The molecule has 1 saturated heterocycles. The van der Waals surface area contributed by atoms with Gasteiger partial charge in [0, 0.05) is 26.2 Å². The highest BCUT2D eigenvalue weighted by atomic mass is 16.5. The first kappa shape index (κ1) is 13.9. The molecule has 2 rings (SSSR count). The standard InChI is InChI=1S/C15H22N2O2/c1-11(2)19-14-5-4-12(3)10-13(14)15(18)17-8-6-16-7-9-17/h4-5,10-11,16H,6-9H2,1-3H3. The maximum Gasteiger partial charge on any atom is 0.257 e. The van der Waals surface area contributed by atoms with E-state index in [9.17, 15) is 4.79 Å². The van der Waals surface area contributed by atoms with Crippen molar-refractivity contribution in [1.82, 2.24) is 10.2 Å². The second kappa shape index (κ2) is 6.06. The summed E-state index contributed by atoms with van der Waals surface area (Å²) in [5.74, 6) is 0.755. The molecular formula is C15H22N2O2. The molecule has 104 valence electrons. The van der Waals surface area contributed by atoms with E-state index in [-0.39, 0.29) is 12.0 Å². The second-order valence-corrected chi connectivity index (χ2v) is 5.21. The van der Waals surface area contributed by atoms with Crippen LogP contribution in [0.1, 0.15) is 29.8 Å². The number of nitrogens with one attached hydrogen (secondary N) is 1.